The van der Waals surface area contributed by atoms with Crippen molar-refractivity contribution in [3.05, 3.63) is 24.2 Å². The van der Waals surface area contributed by atoms with Crippen LogP contribution in [-0.2, 0) is 0 Å². The molecule has 7 nitrogen and oxygen atoms in total. The van der Waals surface area contributed by atoms with Gasteiger partial charge in [-0.25, -0.2) is 4.98 Å². The topological polar surface area (TPSA) is 110 Å². The Morgan fingerprint density at radius 1 is 1.56 bits per heavy atom. The minimum Gasteiger partial charge on any atom is -0.409 e. The fourth-order valence-corrected chi connectivity index (χ4v) is 2.36. The zero-order valence-corrected chi connectivity index (χ0v) is 9.44. The number of nitrogens with two attached hydrogens (primary N) is 1. The zero-order chi connectivity index (χ0) is 11.4. The van der Waals surface area contributed by atoms with Gasteiger partial charge >= 0.3 is 0 Å². The predicted octanol–water partition coefficient (Wildman–Crippen LogP) is 0.574. The van der Waals surface area contributed by atoms with Crippen molar-refractivity contribution < 1.29 is 5.21 Å². The van der Waals surface area contributed by atoms with Crippen molar-refractivity contribution in [2.45, 2.75) is 9.37 Å². The molecule has 0 amide bonds. The van der Waals surface area contributed by atoms with Crippen LogP contribution in [-0.4, -0.2) is 30.6 Å². The highest BCUT2D eigenvalue weighted by Gasteiger charge is 2.11. The molecule has 0 aliphatic rings. The third-order valence-electron chi connectivity index (χ3n) is 1.60. The Hall–Kier alpha value is -1.74. The van der Waals surface area contributed by atoms with Gasteiger partial charge in [0.25, 0.3) is 0 Å². The van der Waals surface area contributed by atoms with Crippen molar-refractivity contribution in [1.29, 1.82) is 0 Å². The maximum Gasteiger partial charge on any atom is 0.176 e. The number of aromatic nitrogens is 4. The Labute approximate surface area is 98.6 Å². The molecule has 0 fully saturated rings. The van der Waals surface area contributed by atoms with E-state index in [1.165, 1.54) is 35.8 Å². The standard InChI is InChI=1S/C7H6N6OS2/c8-5(13-14)4-1-2-10-12-6(4)15-7-9-3-11-16-7/h1-3,14H,(H2,8,13). The summed E-state index contributed by atoms with van der Waals surface area (Å²) in [6.45, 7) is 0. The maximum absolute atomic E-state index is 8.62. The Bertz CT molecular complexity index is 499. The summed E-state index contributed by atoms with van der Waals surface area (Å²) in [5, 5.41) is 19.7. The number of rotatable bonds is 3. The summed E-state index contributed by atoms with van der Waals surface area (Å²) in [7, 11) is 0. The van der Waals surface area contributed by atoms with Gasteiger partial charge in [-0.1, -0.05) is 5.16 Å². The van der Waals surface area contributed by atoms with Crippen molar-refractivity contribution >= 4 is 29.1 Å². The van der Waals surface area contributed by atoms with E-state index >= 15 is 0 Å². The van der Waals surface area contributed by atoms with Gasteiger partial charge in [0.1, 0.15) is 11.4 Å². The normalized spacial score (nSPS) is 11.6. The molecule has 0 atom stereocenters. The molecule has 2 aromatic heterocycles. The van der Waals surface area contributed by atoms with E-state index < -0.39 is 0 Å². The number of amidine groups is 1. The SMILES string of the molecule is N/C(=N/O)c1ccnnc1Sc1ncns1. The second kappa shape index (κ2) is 4.86. The second-order valence-corrected chi connectivity index (χ2v) is 4.56. The Morgan fingerprint density at radius 2 is 2.44 bits per heavy atom. The van der Waals surface area contributed by atoms with Crippen molar-refractivity contribution in [1.82, 2.24) is 19.6 Å². The van der Waals surface area contributed by atoms with Crippen LogP contribution in [0.1, 0.15) is 5.56 Å². The summed E-state index contributed by atoms with van der Waals surface area (Å²) >= 11 is 2.50. The summed E-state index contributed by atoms with van der Waals surface area (Å²) in [5.74, 6) is -0.0121. The molecular formula is C7H6N6OS2. The number of hydrogen-bond acceptors (Lipinski definition) is 8. The van der Waals surface area contributed by atoms with Crippen LogP contribution in [0.2, 0.25) is 0 Å². The molecule has 0 aliphatic heterocycles. The average Bonchev–Trinajstić information content (AvgIpc) is 2.82. The summed E-state index contributed by atoms with van der Waals surface area (Å²) in [6, 6.07) is 1.62. The molecule has 0 bridgehead atoms. The van der Waals surface area contributed by atoms with E-state index in [0.29, 0.717) is 14.9 Å². The minimum atomic E-state index is -0.0121. The van der Waals surface area contributed by atoms with E-state index in [-0.39, 0.29) is 5.84 Å². The molecule has 0 spiro atoms. The van der Waals surface area contributed by atoms with Gasteiger partial charge in [-0.15, -0.1) is 5.10 Å². The Balaban J connectivity index is 2.34. The van der Waals surface area contributed by atoms with Crippen LogP contribution < -0.4 is 5.73 Å². The lowest BCUT2D eigenvalue weighted by Crippen LogP contribution is -2.15. The summed E-state index contributed by atoms with van der Waals surface area (Å²) in [6.07, 6.45) is 2.92. The van der Waals surface area contributed by atoms with Crippen LogP contribution in [0.25, 0.3) is 0 Å². The average molecular weight is 254 g/mol. The number of hydrogen-bond donors (Lipinski definition) is 2. The summed E-state index contributed by atoms with van der Waals surface area (Å²) < 4.78 is 4.58. The first-order chi connectivity index (χ1) is 7.81. The highest BCUT2D eigenvalue weighted by atomic mass is 32.2. The van der Waals surface area contributed by atoms with Crippen LogP contribution in [0.5, 0.6) is 0 Å². The largest absolute Gasteiger partial charge is 0.409 e. The quantitative estimate of drug-likeness (QED) is 0.356. The molecule has 0 saturated carbocycles. The third-order valence-corrected chi connectivity index (χ3v) is 3.31. The van der Waals surface area contributed by atoms with Gasteiger partial charge in [0.2, 0.25) is 0 Å². The molecule has 0 aliphatic carbocycles. The molecule has 16 heavy (non-hydrogen) atoms. The first-order valence-electron chi connectivity index (χ1n) is 4.05. The van der Waals surface area contributed by atoms with Crippen molar-refractivity contribution in [2.75, 3.05) is 0 Å². The molecule has 2 rings (SSSR count). The first-order valence-corrected chi connectivity index (χ1v) is 5.64. The highest BCUT2D eigenvalue weighted by molar-refractivity contribution is 8.01. The van der Waals surface area contributed by atoms with E-state index in [1.807, 2.05) is 0 Å². The van der Waals surface area contributed by atoms with E-state index in [1.54, 1.807) is 6.07 Å². The monoisotopic (exact) mass is 254 g/mol. The van der Waals surface area contributed by atoms with Crippen molar-refractivity contribution in [3.8, 4) is 0 Å². The lowest BCUT2D eigenvalue weighted by Gasteiger charge is -2.02. The third kappa shape index (κ3) is 2.25. The molecule has 2 aromatic rings. The lowest BCUT2D eigenvalue weighted by atomic mass is 10.3. The van der Waals surface area contributed by atoms with E-state index in [4.69, 9.17) is 10.9 Å². The zero-order valence-electron chi connectivity index (χ0n) is 7.81. The van der Waals surface area contributed by atoms with Crippen LogP contribution >= 0.6 is 23.3 Å². The van der Waals surface area contributed by atoms with Gasteiger partial charge in [0.15, 0.2) is 10.2 Å². The molecule has 9 heteroatoms. The van der Waals surface area contributed by atoms with Gasteiger partial charge in [0.05, 0.1) is 11.8 Å². The molecule has 0 saturated heterocycles. The maximum atomic E-state index is 8.62. The smallest absolute Gasteiger partial charge is 0.176 e. The minimum absolute atomic E-state index is 0.0121. The Morgan fingerprint density at radius 3 is 3.12 bits per heavy atom. The number of nitrogens with zero attached hydrogens (tertiary/aromatic N) is 5. The van der Waals surface area contributed by atoms with Gasteiger partial charge in [-0.3, -0.25) is 0 Å². The fourth-order valence-electron chi connectivity index (χ4n) is 0.934. The number of oxime groups is 1. The first kappa shape index (κ1) is 10.8. The van der Waals surface area contributed by atoms with Crippen LogP contribution in [0.4, 0.5) is 0 Å². The van der Waals surface area contributed by atoms with E-state index in [9.17, 15) is 0 Å². The second-order valence-electron chi connectivity index (χ2n) is 2.54. The highest BCUT2D eigenvalue weighted by Crippen LogP contribution is 2.28. The molecule has 0 aromatic carbocycles. The predicted molar refractivity (Wildman–Crippen MR) is 58.6 cm³/mol. The van der Waals surface area contributed by atoms with Gasteiger partial charge in [-0.05, 0) is 29.4 Å². The van der Waals surface area contributed by atoms with Crippen molar-refractivity contribution in [3.63, 3.8) is 0 Å². The van der Waals surface area contributed by atoms with Crippen LogP contribution in [0.15, 0.2) is 33.1 Å². The van der Waals surface area contributed by atoms with Gasteiger partial charge < -0.3 is 10.9 Å². The molecular weight excluding hydrogens is 248 g/mol. The molecule has 2 heterocycles. The van der Waals surface area contributed by atoms with Gasteiger partial charge in [0, 0.05) is 0 Å². The van der Waals surface area contributed by atoms with Crippen LogP contribution in [0.3, 0.4) is 0 Å². The van der Waals surface area contributed by atoms with Gasteiger partial charge in [-0.2, -0.15) is 9.47 Å². The lowest BCUT2D eigenvalue weighted by molar-refractivity contribution is 0.318. The molecule has 82 valence electrons. The fraction of sp³-hybridized carbons (Fsp3) is 0. The van der Waals surface area contributed by atoms with Crippen molar-refractivity contribution in [2.24, 2.45) is 10.9 Å². The van der Waals surface area contributed by atoms with E-state index in [2.05, 4.69) is 24.7 Å². The molecule has 3 N–H and O–H groups in total. The molecule has 0 radical (unpaired) electrons. The molecule has 0 unspecified atom stereocenters. The summed E-state index contributed by atoms with van der Waals surface area (Å²) in [4.78, 5) is 4.00. The summed E-state index contributed by atoms with van der Waals surface area (Å²) in [5.41, 5.74) is 6.02. The van der Waals surface area contributed by atoms with Crippen LogP contribution in [0, 0.1) is 0 Å². The Kier molecular flexibility index (Phi) is 3.27. The van der Waals surface area contributed by atoms with E-state index in [0.717, 1.165) is 0 Å².